The van der Waals surface area contributed by atoms with E-state index in [1.807, 2.05) is 26.0 Å². The number of halogens is 6. The first-order valence-corrected chi connectivity index (χ1v) is 15.8. The van der Waals surface area contributed by atoms with Crippen LogP contribution >= 0.6 is 0 Å². The van der Waals surface area contributed by atoms with Crippen molar-refractivity contribution < 1.29 is 31.1 Å². The maximum Gasteiger partial charge on any atom is 0.293 e. The van der Waals surface area contributed by atoms with Crippen LogP contribution in [0.2, 0.25) is 0 Å². The molecule has 2 aromatic carbocycles. The van der Waals surface area contributed by atoms with E-state index in [2.05, 4.69) is 20.4 Å². The van der Waals surface area contributed by atoms with Crippen molar-refractivity contribution in [3.8, 4) is 5.69 Å². The molecule has 0 saturated heterocycles. The van der Waals surface area contributed by atoms with Gasteiger partial charge in [0.2, 0.25) is 5.91 Å². The highest BCUT2D eigenvalue weighted by atomic mass is 19.3. The molecule has 8 nitrogen and oxygen atoms in total. The second-order valence-electron chi connectivity index (χ2n) is 13.0. The van der Waals surface area contributed by atoms with Gasteiger partial charge in [-0.05, 0) is 59.4 Å². The molecule has 14 heteroatoms. The smallest absolute Gasteiger partial charge is 0.293 e. The van der Waals surface area contributed by atoms with E-state index in [0.29, 0.717) is 16.4 Å². The zero-order valence-electron chi connectivity index (χ0n) is 26.5. The zero-order valence-corrected chi connectivity index (χ0v) is 26.5. The van der Waals surface area contributed by atoms with Crippen LogP contribution in [-0.2, 0) is 23.7 Å². The van der Waals surface area contributed by atoms with Crippen LogP contribution < -0.4 is 10.9 Å². The lowest BCUT2D eigenvalue weighted by atomic mass is 10.0. The summed E-state index contributed by atoms with van der Waals surface area (Å²) in [5, 5.41) is 6.57. The van der Waals surface area contributed by atoms with Crippen molar-refractivity contribution in [3.05, 3.63) is 117 Å². The standard InChI is InChI=1S/C35H30F6N6O2/c1-16(2)19-6-8-22(9-7-19)47-33(44-32-23(34(47)49)5-4-10-42-32)24(13-18-11-20(36)14-21(37)12-18)43-25(48)15-46-30-27(29(45-46)31(38)39)26-17(3)28(26)35(30,40)41/h4-12,14,16-17,24,26,28,31H,13,15H2,1-3H3,(H,43,48)/t17-,24+,26?,28?/m1/s1. The quantitative estimate of drug-likeness (QED) is 0.172. The first-order valence-electron chi connectivity index (χ1n) is 15.8. The van der Waals surface area contributed by atoms with Crippen LogP contribution in [0.3, 0.4) is 0 Å². The highest BCUT2D eigenvalue weighted by molar-refractivity contribution is 5.77. The van der Waals surface area contributed by atoms with Gasteiger partial charge in [-0.2, -0.15) is 13.9 Å². The van der Waals surface area contributed by atoms with Crippen LogP contribution in [-0.4, -0.2) is 30.2 Å². The summed E-state index contributed by atoms with van der Waals surface area (Å²) in [4.78, 5) is 36.5. The fourth-order valence-corrected chi connectivity index (χ4v) is 7.14. The SMILES string of the molecule is CC(C)c1ccc(-n2c([C@H](Cc3cc(F)cc(F)c3)NC(=O)Cn3nc(C(F)F)c4c3C(F)(F)C3C4[C@H]3C)nc3ncccc3c2=O)cc1. The highest BCUT2D eigenvalue weighted by Crippen LogP contribution is 2.71. The number of hydrogen-bond donors (Lipinski definition) is 1. The molecule has 1 N–H and O–H groups in total. The first kappa shape index (κ1) is 32.5. The minimum Gasteiger partial charge on any atom is -0.344 e. The lowest BCUT2D eigenvalue weighted by Gasteiger charge is -2.23. The number of carbonyl (C=O) groups excluding carboxylic acids is 1. The molecule has 1 fully saturated rings. The number of alkyl halides is 4. The fourth-order valence-electron chi connectivity index (χ4n) is 7.14. The molecule has 3 aromatic heterocycles. The van der Waals surface area contributed by atoms with Crippen LogP contribution in [0.25, 0.3) is 16.7 Å². The minimum absolute atomic E-state index is 0.0293. The van der Waals surface area contributed by atoms with Gasteiger partial charge in [-0.3, -0.25) is 18.8 Å². The van der Waals surface area contributed by atoms with E-state index in [4.69, 9.17) is 0 Å². The van der Waals surface area contributed by atoms with Crippen molar-refractivity contribution in [2.45, 2.75) is 64.0 Å². The molecule has 4 atom stereocenters. The van der Waals surface area contributed by atoms with Gasteiger partial charge in [0.1, 0.15) is 35.4 Å². The molecule has 0 bridgehead atoms. The molecule has 3 heterocycles. The van der Waals surface area contributed by atoms with Crippen LogP contribution in [0, 0.1) is 23.5 Å². The number of carbonyl (C=O) groups is 1. The van der Waals surface area contributed by atoms with Gasteiger partial charge in [0.15, 0.2) is 5.65 Å². The van der Waals surface area contributed by atoms with Crippen molar-refractivity contribution in [2.24, 2.45) is 11.8 Å². The molecule has 2 aliphatic rings. The molecular weight excluding hydrogens is 650 g/mol. The van der Waals surface area contributed by atoms with Crippen molar-refractivity contribution >= 4 is 16.9 Å². The number of hydrogen-bond acceptors (Lipinski definition) is 5. The average molecular weight is 681 g/mol. The van der Waals surface area contributed by atoms with Gasteiger partial charge < -0.3 is 5.32 Å². The normalized spacial score (nSPS) is 19.7. The molecule has 1 saturated carbocycles. The molecule has 5 aromatic rings. The van der Waals surface area contributed by atoms with Gasteiger partial charge in [0, 0.05) is 36.1 Å². The molecule has 2 aliphatic carbocycles. The fraction of sp³-hybridized carbons (Fsp3) is 0.343. The molecule has 1 amide bonds. The summed E-state index contributed by atoms with van der Waals surface area (Å²) in [6, 6.07) is 11.6. The van der Waals surface area contributed by atoms with Gasteiger partial charge in [-0.1, -0.05) is 32.9 Å². The Bertz CT molecular complexity index is 2140. The van der Waals surface area contributed by atoms with Crippen molar-refractivity contribution in [3.63, 3.8) is 0 Å². The second kappa shape index (κ2) is 11.8. The largest absolute Gasteiger partial charge is 0.344 e. The van der Waals surface area contributed by atoms with E-state index in [1.165, 1.54) is 16.8 Å². The predicted octanol–water partition coefficient (Wildman–Crippen LogP) is 6.87. The Labute approximate surface area is 275 Å². The Morgan fingerprint density at radius 1 is 1.04 bits per heavy atom. The predicted molar refractivity (Wildman–Crippen MR) is 167 cm³/mol. The topological polar surface area (TPSA) is 94.7 Å². The summed E-state index contributed by atoms with van der Waals surface area (Å²) < 4.78 is 89.4. The van der Waals surface area contributed by atoms with Crippen LogP contribution in [0.1, 0.15) is 79.0 Å². The maximum atomic E-state index is 15.4. The number of pyridine rings is 1. The highest BCUT2D eigenvalue weighted by Gasteiger charge is 2.71. The van der Waals surface area contributed by atoms with Crippen LogP contribution in [0.15, 0.2) is 65.6 Å². The number of amides is 1. The third-order valence-corrected chi connectivity index (χ3v) is 9.46. The first-order chi connectivity index (χ1) is 23.3. The number of nitrogens with one attached hydrogen (secondary N) is 1. The lowest BCUT2D eigenvalue weighted by Crippen LogP contribution is -2.38. The Morgan fingerprint density at radius 3 is 2.39 bits per heavy atom. The van der Waals surface area contributed by atoms with Gasteiger partial charge in [0.05, 0.1) is 17.1 Å². The Hall–Kier alpha value is -5.01. The number of fused-ring (bicyclic) bond motifs is 4. The zero-order chi connectivity index (χ0) is 34.9. The Kier molecular flexibility index (Phi) is 7.87. The molecule has 254 valence electrons. The van der Waals surface area contributed by atoms with Crippen LogP contribution in [0.4, 0.5) is 26.3 Å². The summed E-state index contributed by atoms with van der Waals surface area (Å²) in [6.07, 6.45) is -2.02. The minimum atomic E-state index is -3.48. The number of aromatic nitrogens is 5. The third-order valence-electron chi connectivity index (χ3n) is 9.46. The summed E-state index contributed by atoms with van der Waals surface area (Å²) >= 11 is 0. The molecule has 0 spiro atoms. The van der Waals surface area contributed by atoms with Gasteiger partial charge in [0.25, 0.3) is 17.9 Å². The van der Waals surface area contributed by atoms with Gasteiger partial charge in [-0.15, -0.1) is 0 Å². The lowest BCUT2D eigenvalue weighted by molar-refractivity contribution is -0.123. The molecule has 0 aliphatic heterocycles. The third kappa shape index (κ3) is 5.56. The van der Waals surface area contributed by atoms with E-state index in [1.54, 1.807) is 25.1 Å². The summed E-state index contributed by atoms with van der Waals surface area (Å²) in [6.45, 7) is 4.69. The number of rotatable bonds is 9. The average Bonchev–Trinajstić information content (AvgIpc) is 3.45. The van der Waals surface area contributed by atoms with Crippen molar-refractivity contribution in [2.75, 3.05) is 0 Å². The maximum absolute atomic E-state index is 15.4. The van der Waals surface area contributed by atoms with Crippen molar-refractivity contribution in [1.29, 1.82) is 0 Å². The second-order valence-corrected chi connectivity index (χ2v) is 13.0. The van der Waals surface area contributed by atoms with Gasteiger partial charge >= 0.3 is 0 Å². The summed E-state index contributed by atoms with van der Waals surface area (Å²) in [7, 11) is 0. The van der Waals surface area contributed by atoms with E-state index in [9.17, 15) is 27.2 Å². The summed E-state index contributed by atoms with van der Waals surface area (Å²) in [5.74, 6) is -8.54. The molecule has 49 heavy (non-hydrogen) atoms. The van der Waals surface area contributed by atoms with E-state index >= 15 is 8.78 Å². The Morgan fingerprint density at radius 2 is 1.73 bits per heavy atom. The van der Waals surface area contributed by atoms with Crippen LogP contribution in [0.5, 0.6) is 0 Å². The van der Waals surface area contributed by atoms with E-state index < -0.39 is 77.2 Å². The van der Waals surface area contributed by atoms with E-state index in [0.717, 1.165) is 17.7 Å². The van der Waals surface area contributed by atoms with E-state index in [-0.39, 0.29) is 40.3 Å². The Balaban J connectivity index is 1.33. The number of benzene rings is 2. The molecule has 7 rings (SSSR count). The molecular formula is C35H30F6N6O2. The monoisotopic (exact) mass is 680 g/mol. The van der Waals surface area contributed by atoms with Gasteiger partial charge in [-0.25, -0.2) is 27.5 Å². The van der Waals surface area contributed by atoms with Crippen molar-refractivity contribution in [1.82, 2.24) is 29.6 Å². The number of nitrogens with zero attached hydrogens (tertiary/aromatic N) is 5. The molecule has 0 radical (unpaired) electrons. The molecule has 2 unspecified atom stereocenters. The summed E-state index contributed by atoms with van der Waals surface area (Å²) in [5.41, 5.74) is -0.814.